The molecule has 144 valence electrons. The van der Waals surface area contributed by atoms with Gasteiger partial charge in [0.1, 0.15) is 5.75 Å². The Morgan fingerprint density at radius 2 is 2.04 bits per heavy atom. The molecule has 1 amide bonds. The highest BCUT2D eigenvalue weighted by atomic mass is 32.1. The molecule has 6 nitrogen and oxygen atoms in total. The molecule has 2 aromatic heterocycles. The minimum Gasteiger partial charge on any atom is -0.497 e. The standard InChI is InChI=1S/C21H22N4O2S/c1-4-9-22-21(26)19(28)10-14(2)18-12-24-25-13-16(11-23-20(18)25)15-5-7-17(27-3)8-6-15/h5-8,10-13,28H,2,4,9H2,1,3H3,(H,22,26)/b19-10-. The maximum Gasteiger partial charge on any atom is 0.257 e. The van der Waals surface area contributed by atoms with Crippen molar-refractivity contribution >= 4 is 29.8 Å². The number of carbonyl (C=O) groups is 1. The van der Waals surface area contributed by atoms with Gasteiger partial charge in [-0.25, -0.2) is 9.50 Å². The molecule has 28 heavy (non-hydrogen) atoms. The monoisotopic (exact) mass is 394 g/mol. The Kier molecular flexibility index (Phi) is 6.16. The smallest absolute Gasteiger partial charge is 0.257 e. The van der Waals surface area contributed by atoms with Gasteiger partial charge in [0.25, 0.3) is 5.91 Å². The number of rotatable bonds is 7. The van der Waals surface area contributed by atoms with Gasteiger partial charge in [0.15, 0.2) is 5.65 Å². The zero-order chi connectivity index (χ0) is 20.1. The molecular formula is C21H22N4O2S. The lowest BCUT2D eigenvalue weighted by Crippen LogP contribution is -2.23. The maximum atomic E-state index is 12.0. The third-order valence-corrected chi connectivity index (χ3v) is 4.54. The summed E-state index contributed by atoms with van der Waals surface area (Å²) in [5, 5.41) is 7.16. The highest BCUT2D eigenvalue weighted by Crippen LogP contribution is 2.25. The molecule has 0 aliphatic rings. The molecule has 0 saturated carbocycles. The second-order valence-corrected chi connectivity index (χ2v) is 6.69. The summed E-state index contributed by atoms with van der Waals surface area (Å²) in [5.74, 6) is 0.574. The first-order valence-electron chi connectivity index (χ1n) is 8.89. The van der Waals surface area contributed by atoms with Crippen LogP contribution in [0.4, 0.5) is 0 Å². The van der Waals surface area contributed by atoms with Crippen LogP contribution >= 0.6 is 12.6 Å². The van der Waals surface area contributed by atoms with Crippen LogP contribution in [0.1, 0.15) is 18.9 Å². The Balaban J connectivity index is 1.85. The van der Waals surface area contributed by atoms with Gasteiger partial charge in [0.05, 0.1) is 18.2 Å². The summed E-state index contributed by atoms with van der Waals surface area (Å²) < 4.78 is 6.89. The number of methoxy groups -OCH3 is 1. The van der Waals surface area contributed by atoms with Gasteiger partial charge >= 0.3 is 0 Å². The summed E-state index contributed by atoms with van der Waals surface area (Å²) in [4.78, 5) is 16.8. The van der Waals surface area contributed by atoms with Gasteiger partial charge in [-0.3, -0.25) is 4.79 Å². The summed E-state index contributed by atoms with van der Waals surface area (Å²) in [6.45, 7) is 6.64. The molecule has 1 aromatic carbocycles. The molecule has 0 saturated heterocycles. The van der Waals surface area contributed by atoms with Crippen molar-refractivity contribution in [2.24, 2.45) is 0 Å². The quantitative estimate of drug-likeness (QED) is 0.364. The molecule has 3 aromatic rings. The van der Waals surface area contributed by atoms with Crippen molar-refractivity contribution in [2.45, 2.75) is 13.3 Å². The van der Waals surface area contributed by atoms with Crippen LogP contribution in [0.25, 0.3) is 22.3 Å². The number of allylic oxidation sites excluding steroid dienone is 2. The SMILES string of the molecule is C=C(/C=C(\S)C(=O)NCCC)c1cnn2cc(-c3ccc(OC)cc3)cnc12. The third kappa shape index (κ3) is 4.26. The van der Waals surface area contributed by atoms with Crippen molar-refractivity contribution in [2.75, 3.05) is 13.7 Å². The van der Waals surface area contributed by atoms with E-state index in [2.05, 4.69) is 34.6 Å². The molecule has 0 aliphatic carbocycles. The van der Waals surface area contributed by atoms with E-state index in [-0.39, 0.29) is 5.91 Å². The average Bonchev–Trinajstić information content (AvgIpc) is 3.15. The van der Waals surface area contributed by atoms with Gasteiger partial charge in [0.2, 0.25) is 0 Å². The number of aromatic nitrogens is 3. The number of nitrogens with one attached hydrogen (secondary N) is 1. The van der Waals surface area contributed by atoms with E-state index in [1.54, 1.807) is 30.1 Å². The van der Waals surface area contributed by atoms with E-state index in [1.807, 2.05) is 37.4 Å². The molecule has 0 atom stereocenters. The molecule has 1 N–H and O–H groups in total. The van der Waals surface area contributed by atoms with Gasteiger partial charge < -0.3 is 10.1 Å². The average molecular weight is 395 g/mol. The van der Waals surface area contributed by atoms with Crippen LogP contribution in [0.2, 0.25) is 0 Å². The van der Waals surface area contributed by atoms with Crippen LogP contribution < -0.4 is 10.1 Å². The number of carbonyl (C=O) groups excluding carboxylic acids is 1. The minimum absolute atomic E-state index is 0.224. The second kappa shape index (κ2) is 8.75. The molecule has 0 fully saturated rings. The first-order valence-corrected chi connectivity index (χ1v) is 9.34. The van der Waals surface area contributed by atoms with E-state index in [0.29, 0.717) is 22.7 Å². The normalized spacial score (nSPS) is 11.5. The molecule has 3 rings (SSSR count). The number of ether oxygens (including phenoxy) is 1. The minimum atomic E-state index is -0.224. The van der Waals surface area contributed by atoms with E-state index in [9.17, 15) is 4.79 Å². The molecule has 0 aliphatic heterocycles. The van der Waals surface area contributed by atoms with Crippen molar-refractivity contribution in [3.8, 4) is 16.9 Å². The van der Waals surface area contributed by atoms with Crippen LogP contribution in [-0.2, 0) is 4.79 Å². The van der Waals surface area contributed by atoms with Gasteiger partial charge in [-0.15, -0.1) is 12.6 Å². The van der Waals surface area contributed by atoms with E-state index < -0.39 is 0 Å². The second-order valence-electron chi connectivity index (χ2n) is 6.21. The summed E-state index contributed by atoms with van der Waals surface area (Å²) >= 11 is 4.27. The topological polar surface area (TPSA) is 68.5 Å². The Morgan fingerprint density at radius 1 is 1.29 bits per heavy atom. The summed E-state index contributed by atoms with van der Waals surface area (Å²) in [6, 6.07) is 7.74. The number of fused-ring (bicyclic) bond motifs is 1. The lowest BCUT2D eigenvalue weighted by Gasteiger charge is -2.05. The van der Waals surface area contributed by atoms with E-state index in [0.717, 1.165) is 28.9 Å². The van der Waals surface area contributed by atoms with Crippen molar-refractivity contribution in [1.82, 2.24) is 19.9 Å². The fourth-order valence-corrected chi connectivity index (χ4v) is 2.91. The Morgan fingerprint density at radius 3 is 2.71 bits per heavy atom. The fraction of sp³-hybridized carbons (Fsp3) is 0.190. The van der Waals surface area contributed by atoms with E-state index in [4.69, 9.17) is 4.74 Å². The molecule has 0 unspecified atom stereocenters. The molecule has 0 spiro atoms. The van der Waals surface area contributed by atoms with Crippen LogP contribution in [0.5, 0.6) is 5.75 Å². The zero-order valence-electron chi connectivity index (χ0n) is 15.8. The van der Waals surface area contributed by atoms with Gasteiger partial charge in [0, 0.05) is 30.1 Å². The number of amides is 1. The van der Waals surface area contributed by atoms with Crippen LogP contribution in [0, 0.1) is 0 Å². The highest BCUT2D eigenvalue weighted by Gasteiger charge is 2.11. The van der Waals surface area contributed by atoms with Crippen molar-refractivity contribution in [3.63, 3.8) is 0 Å². The number of hydrogen-bond donors (Lipinski definition) is 2. The van der Waals surface area contributed by atoms with Crippen molar-refractivity contribution < 1.29 is 9.53 Å². The summed E-state index contributed by atoms with van der Waals surface area (Å²) in [7, 11) is 1.64. The molecular weight excluding hydrogens is 372 g/mol. The number of hydrogen-bond acceptors (Lipinski definition) is 5. The third-order valence-electron chi connectivity index (χ3n) is 4.20. The lowest BCUT2D eigenvalue weighted by molar-refractivity contribution is -0.116. The van der Waals surface area contributed by atoms with Crippen molar-refractivity contribution in [1.29, 1.82) is 0 Å². The summed E-state index contributed by atoms with van der Waals surface area (Å²) in [6.07, 6.45) is 7.87. The van der Waals surface area contributed by atoms with Crippen LogP contribution in [-0.4, -0.2) is 34.2 Å². The predicted octanol–water partition coefficient (Wildman–Crippen LogP) is 3.76. The molecule has 0 radical (unpaired) electrons. The maximum absolute atomic E-state index is 12.0. The highest BCUT2D eigenvalue weighted by molar-refractivity contribution is 7.85. The molecule has 7 heteroatoms. The Bertz CT molecular complexity index is 1040. The largest absolute Gasteiger partial charge is 0.497 e. The van der Waals surface area contributed by atoms with Crippen molar-refractivity contribution in [3.05, 3.63) is 66.0 Å². The Hall–Kier alpha value is -3.06. The van der Waals surface area contributed by atoms with Gasteiger partial charge in [-0.05, 0) is 35.8 Å². The zero-order valence-corrected chi connectivity index (χ0v) is 16.7. The number of benzene rings is 1. The Labute approximate surface area is 169 Å². The van der Waals surface area contributed by atoms with Crippen LogP contribution in [0.15, 0.2) is 60.4 Å². The number of nitrogens with zero attached hydrogens (tertiary/aromatic N) is 3. The van der Waals surface area contributed by atoms with Gasteiger partial charge in [-0.1, -0.05) is 25.6 Å². The number of thiol groups is 1. The summed E-state index contributed by atoms with van der Waals surface area (Å²) in [5.41, 5.74) is 3.97. The molecule has 2 heterocycles. The first kappa shape index (κ1) is 19.7. The predicted molar refractivity (Wildman–Crippen MR) is 114 cm³/mol. The lowest BCUT2D eigenvalue weighted by atomic mass is 10.1. The van der Waals surface area contributed by atoms with Crippen LogP contribution in [0.3, 0.4) is 0 Å². The molecule has 0 bridgehead atoms. The van der Waals surface area contributed by atoms with E-state index in [1.165, 1.54) is 0 Å². The van der Waals surface area contributed by atoms with Gasteiger partial charge in [-0.2, -0.15) is 5.10 Å². The fourth-order valence-electron chi connectivity index (χ4n) is 2.67. The first-order chi connectivity index (χ1) is 13.5. The van der Waals surface area contributed by atoms with E-state index >= 15 is 0 Å².